The second-order valence-corrected chi connectivity index (χ2v) is 8.97. The molecule has 0 heterocycles. The third kappa shape index (κ3) is 2.42. The number of phenolic OH excluding ortho intramolecular Hbond substituents is 2. The largest absolute Gasteiger partial charge is 0.507 e. The van der Waals surface area contributed by atoms with Crippen LogP contribution in [-0.2, 0) is 0 Å². The number of benzene rings is 5. The Morgan fingerprint density at radius 3 is 1.27 bits per heavy atom. The Labute approximate surface area is 176 Å². The van der Waals surface area contributed by atoms with Crippen molar-refractivity contribution in [3.05, 3.63) is 67.8 Å². The molecular formula is C22H12I2O2. The van der Waals surface area contributed by atoms with Crippen molar-refractivity contribution in [2.24, 2.45) is 0 Å². The second kappa shape index (κ2) is 5.85. The van der Waals surface area contributed by atoms with Gasteiger partial charge in [0.2, 0.25) is 0 Å². The molecule has 0 bridgehead atoms. The van der Waals surface area contributed by atoms with E-state index in [1.807, 2.05) is 48.5 Å². The molecule has 0 unspecified atom stereocenters. The van der Waals surface area contributed by atoms with Crippen molar-refractivity contribution in [3.63, 3.8) is 0 Å². The SMILES string of the molecule is Oc1c2cc(I)ccc2cc2cc3c(O)c4cc(I)ccc4cc3cc12. The fourth-order valence-electron chi connectivity index (χ4n) is 3.63. The summed E-state index contributed by atoms with van der Waals surface area (Å²) in [6.45, 7) is 0. The van der Waals surface area contributed by atoms with Crippen molar-refractivity contribution in [1.82, 2.24) is 0 Å². The van der Waals surface area contributed by atoms with Crippen LogP contribution >= 0.6 is 45.2 Å². The van der Waals surface area contributed by atoms with Gasteiger partial charge in [0.15, 0.2) is 0 Å². The molecule has 5 aromatic carbocycles. The lowest BCUT2D eigenvalue weighted by atomic mass is 9.96. The fraction of sp³-hybridized carbons (Fsp3) is 0. The maximum Gasteiger partial charge on any atom is 0.131 e. The van der Waals surface area contributed by atoms with Crippen LogP contribution in [0.25, 0.3) is 43.1 Å². The van der Waals surface area contributed by atoms with Crippen LogP contribution in [0.1, 0.15) is 0 Å². The van der Waals surface area contributed by atoms with Crippen LogP contribution in [0.4, 0.5) is 0 Å². The van der Waals surface area contributed by atoms with Gasteiger partial charge in [-0.25, -0.2) is 0 Å². The van der Waals surface area contributed by atoms with E-state index in [4.69, 9.17) is 0 Å². The average Bonchev–Trinajstić information content (AvgIpc) is 2.63. The predicted octanol–water partition coefficient (Wildman–Crippen LogP) is 6.92. The minimum atomic E-state index is 0.292. The van der Waals surface area contributed by atoms with Gasteiger partial charge in [0, 0.05) is 28.7 Å². The summed E-state index contributed by atoms with van der Waals surface area (Å²) in [5.74, 6) is 0.584. The van der Waals surface area contributed by atoms with Crippen LogP contribution in [-0.4, -0.2) is 10.2 Å². The highest BCUT2D eigenvalue weighted by atomic mass is 127. The Morgan fingerprint density at radius 2 is 0.846 bits per heavy atom. The van der Waals surface area contributed by atoms with Gasteiger partial charge in [0.1, 0.15) is 11.5 Å². The Morgan fingerprint density at radius 1 is 0.462 bits per heavy atom. The Kier molecular flexibility index (Phi) is 3.69. The first-order valence-electron chi connectivity index (χ1n) is 8.11. The molecule has 0 amide bonds. The summed E-state index contributed by atoms with van der Waals surface area (Å²) in [4.78, 5) is 0. The third-order valence-corrected chi connectivity index (χ3v) is 6.24. The lowest BCUT2D eigenvalue weighted by molar-refractivity contribution is 0.486. The van der Waals surface area contributed by atoms with Crippen molar-refractivity contribution in [2.75, 3.05) is 0 Å². The first-order chi connectivity index (χ1) is 12.5. The van der Waals surface area contributed by atoms with Crippen molar-refractivity contribution in [2.45, 2.75) is 0 Å². The lowest BCUT2D eigenvalue weighted by Gasteiger charge is -2.11. The normalized spacial score (nSPS) is 11.8. The van der Waals surface area contributed by atoms with Gasteiger partial charge in [-0.1, -0.05) is 12.1 Å². The van der Waals surface area contributed by atoms with Crippen LogP contribution in [0, 0.1) is 7.14 Å². The highest BCUT2D eigenvalue weighted by Crippen LogP contribution is 2.41. The fourth-order valence-corrected chi connectivity index (χ4v) is 4.61. The van der Waals surface area contributed by atoms with Crippen LogP contribution in [0.15, 0.2) is 60.7 Å². The van der Waals surface area contributed by atoms with Gasteiger partial charge in [0.05, 0.1) is 0 Å². The Bertz CT molecular complexity index is 1270. The Hall–Kier alpha value is -1.80. The van der Waals surface area contributed by atoms with E-state index in [0.29, 0.717) is 11.5 Å². The highest BCUT2D eigenvalue weighted by molar-refractivity contribution is 14.1. The standard InChI is InChI=1S/C22H12I2O2/c23-15-3-1-11-5-13-7-18-14(8-17(13)21(25)19(11)9-15)6-12-2-4-16(24)10-20(12)22(18)26/h1-10,25-26H. The number of phenols is 2. The number of hydrogen-bond acceptors (Lipinski definition) is 2. The van der Waals surface area contributed by atoms with E-state index in [-0.39, 0.29) is 0 Å². The molecule has 0 aliphatic heterocycles. The van der Waals surface area contributed by atoms with Gasteiger partial charge in [0.25, 0.3) is 0 Å². The lowest BCUT2D eigenvalue weighted by Crippen LogP contribution is -1.84. The van der Waals surface area contributed by atoms with Crippen molar-refractivity contribution in [3.8, 4) is 11.5 Å². The quantitative estimate of drug-likeness (QED) is 0.159. The molecular weight excluding hydrogens is 550 g/mol. The smallest absolute Gasteiger partial charge is 0.131 e. The molecule has 0 aromatic heterocycles. The van der Waals surface area contributed by atoms with E-state index < -0.39 is 0 Å². The molecule has 0 saturated heterocycles. The molecule has 126 valence electrons. The van der Waals surface area contributed by atoms with Crippen molar-refractivity contribution in [1.29, 1.82) is 0 Å². The number of hydrogen-bond donors (Lipinski definition) is 2. The van der Waals surface area contributed by atoms with Gasteiger partial charge in [-0.15, -0.1) is 0 Å². The molecule has 4 heteroatoms. The zero-order chi connectivity index (χ0) is 18.0. The van der Waals surface area contributed by atoms with Crippen molar-refractivity contribution >= 4 is 88.3 Å². The minimum Gasteiger partial charge on any atom is -0.507 e. The van der Waals surface area contributed by atoms with E-state index in [1.54, 1.807) is 0 Å². The second-order valence-electron chi connectivity index (χ2n) is 6.48. The highest BCUT2D eigenvalue weighted by Gasteiger charge is 2.12. The van der Waals surface area contributed by atoms with Gasteiger partial charge in [-0.2, -0.15) is 0 Å². The molecule has 0 atom stereocenters. The van der Waals surface area contributed by atoms with Gasteiger partial charge in [-0.3, -0.25) is 0 Å². The molecule has 0 saturated carbocycles. The summed E-state index contributed by atoms with van der Waals surface area (Å²) in [6, 6.07) is 20.2. The zero-order valence-corrected chi connectivity index (χ0v) is 17.7. The summed E-state index contributed by atoms with van der Waals surface area (Å²) in [6.07, 6.45) is 0. The summed E-state index contributed by atoms with van der Waals surface area (Å²) in [5.41, 5.74) is 0. The molecule has 0 radical (unpaired) electrons. The number of fused-ring (bicyclic) bond motifs is 4. The zero-order valence-electron chi connectivity index (χ0n) is 13.4. The summed E-state index contributed by atoms with van der Waals surface area (Å²) in [7, 11) is 0. The van der Waals surface area contributed by atoms with E-state index in [2.05, 4.69) is 57.3 Å². The van der Waals surface area contributed by atoms with E-state index >= 15 is 0 Å². The van der Waals surface area contributed by atoms with E-state index in [0.717, 1.165) is 50.2 Å². The summed E-state index contributed by atoms with van der Waals surface area (Å²) in [5, 5.41) is 28.8. The van der Waals surface area contributed by atoms with Crippen LogP contribution < -0.4 is 0 Å². The molecule has 2 N–H and O–H groups in total. The van der Waals surface area contributed by atoms with Crippen LogP contribution in [0.2, 0.25) is 0 Å². The molecule has 26 heavy (non-hydrogen) atoms. The van der Waals surface area contributed by atoms with Gasteiger partial charge < -0.3 is 10.2 Å². The predicted molar refractivity (Wildman–Crippen MR) is 125 cm³/mol. The Balaban J connectivity index is 1.96. The molecule has 0 fully saturated rings. The first-order valence-corrected chi connectivity index (χ1v) is 10.3. The topological polar surface area (TPSA) is 40.5 Å². The summed E-state index contributed by atoms with van der Waals surface area (Å²) < 4.78 is 2.17. The van der Waals surface area contributed by atoms with E-state index in [9.17, 15) is 10.2 Å². The van der Waals surface area contributed by atoms with Gasteiger partial charge >= 0.3 is 0 Å². The number of halogens is 2. The average molecular weight is 562 g/mol. The molecule has 0 spiro atoms. The first kappa shape index (κ1) is 16.4. The maximum atomic E-state index is 10.8. The van der Waals surface area contributed by atoms with E-state index in [1.165, 1.54) is 0 Å². The maximum absolute atomic E-state index is 10.8. The van der Waals surface area contributed by atoms with Crippen LogP contribution in [0.5, 0.6) is 11.5 Å². The molecule has 0 aliphatic rings. The van der Waals surface area contributed by atoms with Gasteiger partial charge in [-0.05, 0) is 115 Å². The monoisotopic (exact) mass is 562 g/mol. The molecule has 0 aliphatic carbocycles. The molecule has 5 rings (SSSR count). The van der Waals surface area contributed by atoms with Crippen molar-refractivity contribution < 1.29 is 10.2 Å². The number of aromatic hydroxyl groups is 2. The summed E-state index contributed by atoms with van der Waals surface area (Å²) >= 11 is 4.51. The minimum absolute atomic E-state index is 0.292. The number of rotatable bonds is 0. The van der Waals surface area contributed by atoms with Crippen LogP contribution in [0.3, 0.4) is 0 Å². The molecule has 5 aromatic rings. The molecule has 2 nitrogen and oxygen atoms in total. The third-order valence-electron chi connectivity index (χ3n) is 4.89.